The van der Waals surface area contributed by atoms with Crippen LogP contribution in [0.15, 0.2) is 10.7 Å². The van der Waals surface area contributed by atoms with Gasteiger partial charge in [0.2, 0.25) is 5.89 Å². The highest BCUT2D eigenvalue weighted by Crippen LogP contribution is 2.28. The van der Waals surface area contributed by atoms with Crippen molar-refractivity contribution >= 4 is 11.9 Å². The summed E-state index contributed by atoms with van der Waals surface area (Å²) in [4.78, 5) is 30.3. The van der Waals surface area contributed by atoms with Crippen LogP contribution in [-0.4, -0.2) is 39.4 Å². The topological polar surface area (TPSA) is 87.5 Å². The molecule has 0 atom stereocenters. The maximum atomic E-state index is 12.4. The first-order chi connectivity index (χ1) is 10.8. The van der Waals surface area contributed by atoms with Crippen molar-refractivity contribution in [2.75, 3.05) is 0 Å². The molecule has 0 bridgehead atoms. The average molecular weight is 320 g/mol. The van der Waals surface area contributed by atoms with Crippen molar-refractivity contribution in [1.29, 1.82) is 0 Å². The van der Waals surface area contributed by atoms with Crippen molar-refractivity contribution in [2.45, 2.75) is 70.6 Å². The Morgan fingerprint density at radius 2 is 2.00 bits per heavy atom. The van der Waals surface area contributed by atoms with Crippen LogP contribution in [0.3, 0.4) is 0 Å². The molecule has 0 radical (unpaired) electrons. The fraction of sp³-hybridized carbons (Fsp3) is 0.688. The molecule has 0 aliphatic heterocycles. The summed E-state index contributed by atoms with van der Waals surface area (Å²) < 4.78 is 5.38. The van der Waals surface area contributed by atoms with E-state index in [2.05, 4.69) is 15.6 Å². The quantitative estimate of drug-likeness (QED) is 0.869. The van der Waals surface area contributed by atoms with Crippen molar-refractivity contribution in [3.63, 3.8) is 0 Å². The van der Waals surface area contributed by atoms with E-state index in [1.54, 1.807) is 4.90 Å². The molecule has 1 heterocycles. The van der Waals surface area contributed by atoms with Gasteiger partial charge in [-0.15, -0.1) is 0 Å². The maximum Gasteiger partial charge on any atom is 0.318 e. The third kappa shape index (κ3) is 4.46. The molecule has 0 saturated heterocycles. The second kappa shape index (κ2) is 5.86. The molecular weight excluding hydrogens is 296 g/mol. The molecule has 0 aromatic carbocycles. The first-order valence-corrected chi connectivity index (χ1v) is 8.16. The van der Waals surface area contributed by atoms with Gasteiger partial charge < -0.3 is 20.0 Å². The van der Waals surface area contributed by atoms with Crippen molar-refractivity contribution in [1.82, 2.24) is 20.5 Å². The standard InChI is InChI=1S/C16H24N4O3/c1-16(2,3)19-15(22)20(11-6-7-11)8-13-18-12(9-23-13)14(21)17-10-4-5-10/h9-11H,4-8H2,1-3H3,(H,17,21)(H,19,22). The Labute approximate surface area is 135 Å². The second-order valence-electron chi connectivity index (χ2n) is 7.41. The normalized spacial score (nSPS) is 17.7. The third-order valence-electron chi connectivity index (χ3n) is 3.73. The number of oxazole rings is 1. The molecule has 2 aliphatic rings. The molecule has 23 heavy (non-hydrogen) atoms. The summed E-state index contributed by atoms with van der Waals surface area (Å²) in [6.07, 6.45) is 5.40. The van der Waals surface area contributed by atoms with E-state index in [-0.39, 0.29) is 41.8 Å². The van der Waals surface area contributed by atoms with Crippen LogP contribution in [0.25, 0.3) is 0 Å². The number of nitrogens with one attached hydrogen (secondary N) is 2. The van der Waals surface area contributed by atoms with E-state index in [0.29, 0.717) is 5.89 Å². The number of nitrogens with zero attached hydrogens (tertiary/aromatic N) is 2. The number of urea groups is 1. The van der Waals surface area contributed by atoms with E-state index in [9.17, 15) is 9.59 Å². The second-order valence-corrected chi connectivity index (χ2v) is 7.41. The summed E-state index contributed by atoms with van der Waals surface area (Å²) >= 11 is 0. The predicted molar refractivity (Wildman–Crippen MR) is 83.8 cm³/mol. The minimum absolute atomic E-state index is 0.123. The zero-order valence-electron chi connectivity index (χ0n) is 13.9. The van der Waals surface area contributed by atoms with Crippen LogP contribution in [0.1, 0.15) is 62.8 Å². The maximum absolute atomic E-state index is 12.4. The third-order valence-corrected chi connectivity index (χ3v) is 3.73. The van der Waals surface area contributed by atoms with Gasteiger partial charge in [0, 0.05) is 17.6 Å². The largest absolute Gasteiger partial charge is 0.446 e. The average Bonchev–Trinajstić information content (AvgIpc) is 3.35. The zero-order chi connectivity index (χ0) is 16.6. The Morgan fingerprint density at radius 3 is 2.57 bits per heavy atom. The molecule has 2 aliphatic carbocycles. The molecule has 0 unspecified atom stereocenters. The van der Waals surface area contributed by atoms with Crippen molar-refractivity contribution < 1.29 is 14.0 Å². The van der Waals surface area contributed by atoms with Crippen molar-refractivity contribution in [3.8, 4) is 0 Å². The Kier molecular flexibility index (Phi) is 4.04. The van der Waals surface area contributed by atoms with Gasteiger partial charge in [0.05, 0.1) is 6.54 Å². The molecule has 126 valence electrons. The lowest BCUT2D eigenvalue weighted by molar-refractivity contribution is 0.0946. The minimum Gasteiger partial charge on any atom is -0.446 e. The van der Waals surface area contributed by atoms with E-state index in [1.165, 1.54) is 6.26 Å². The molecule has 1 aromatic heterocycles. The lowest BCUT2D eigenvalue weighted by Crippen LogP contribution is -2.49. The molecule has 2 saturated carbocycles. The summed E-state index contributed by atoms with van der Waals surface area (Å²) in [5.74, 6) is 0.182. The monoisotopic (exact) mass is 320 g/mol. The van der Waals surface area contributed by atoms with Gasteiger partial charge in [-0.2, -0.15) is 0 Å². The Hall–Kier alpha value is -2.05. The van der Waals surface area contributed by atoms with Gasteiger partial charge in [0.15, 0.2) is 5.69 Å². The Morgan fingerprint density at radius 1 is 1.30 bits per heavy atom. The van der Waals surface area contributed by atoms with Gasteiger partial charge in [-0.1, -0.05) is 0 Å². The smallest absolute Gasteiger partial charge is 0.318 e. The summed E-state index contributed by atoms with van der Waals surface area (Å²) in [7, 11) is 0. The Balaban J connectivity index is 1.62. The minimum atomic E-state index is -0.296. The van der Waals surface area contributed by atoms with Gasteiger partial charge in [-0.25, -0.2) is 9.78 Å². The first-order valence-electron chi connectivity index (χ1n) is 8.16. The molecule has 3 rings (SSSR count). The fourth-order valence-electron chi connectivity index (χ4n) is 2.27. The van der Waals surface area contributed by atoms with Crippen molar-refractivity contribution in [3.05, 3.63) is 17.8 Å². The highest BCUT2D eigenvalue weighted by atomic mass is 16.3. The molecule has 2 fully saturated rings. The summed E-state index contributed by atoms with van der Waals surface area (Å²) in [5, 5.41) is 5.83. The number of aromatic nitrogens is 1. The van der Waals surface area contributed by atoms with Crippen LogP contribution in [-0.2, 0) is 6.54 Å². The number of carbonyl (C=O) groups is 2. The van der Waals surface area contributed by atoms with E-state index in [1.807, 2.05) is 20.8 Å². The summed E-state index contributed by atoms with van der Waals surface area (Å²) in [6.45, 7) is 6.12. The lowest BCUT2D eigenvalue weighted by Gasteiger charge is -2.27. The lowest BCUT2D eigenvalue weighted by atomic mass is 10.1. The highest BCUT2D eigenvalue weighted by molar-refractivity contribution is 5.92. The van der Waals surface area contributed by atoms with Gasteiger partial charge in [-0.3, -0.25) is 4.79 Å². The number of rotatable bonds is 5. The number of hydrogen-bond acceptors (Lipinski definition) is 4. The Bertz CT molecular complexity index is 597. The van der Waals surface area contributed by atoms with E-state index in [4.69, 9.17) is 4.42 Å². The van der Waals surface area contributed by atoms with Crippen LogP contribution < -0.4 is 10.6 Å². The molecule has 3 amide bonds. The van der Waals surface area contributed by atoms with Gasteiger partial charge >= 0.3 is 6.03 Å². The summed E-state index contributed by atoms with van der Waals surface area (Å²) in [5.41, 5.74) is -0.0188. The first kappa shape index (κ1) is 15.8. The fourth-order valence-corrected chi connectivity index (χ4v) is 2.27. The van der Waals surface area contributed by atoms with E-state index < -0.39 is 0 Å². The molecule has 2 N–H and O–H groups in total. The molecule has 1 aromatic rings. The van der Waals surface area contributed by atoms with Crippen LogP contribution in [0.5, 0.6) is 0 Å². The van der Waals surface area contributed by atoms with Gasteiger partial charge in [0.25, 0.3) is 5.91 Å². The van der Waals surface area contributed by atoms with E-state index >= 15 is 0 Å². The van der Waals surface area contributed by atoms with Crippen LogP contribution in [0.4, 0.5) is 4.79 Å². The van der Waals surface area contributed by atoms with Crippen LogP contribution >= 0.6 is 0 Å². The predicted octanol–water partition coefficient (Wildman–Crippen LogP) is 2.04. The number of amides is 3. The molecular formula is C16H24N4O3. The van der Waals surface area contributed by atoms with Crippen LogP contribution in [0.2, 0.25) is 0 Å². The SMILES string of the molecule is CC(C)(C)NC(=O)N(Cc1nc(C(=O)NC2CC2)co1)C1CC1. The van der Waals surface area contributed by atoms with Crippen molar-refractivity contribution in [2.24, 2.45) is 0 Å². The molecule has 7 heteroatoms. The zero-order valence-corrected chi connectivity index (χ0v) is 13.9. The molecule has 0 spiro atoms. The molecule has 7 nitrogen and oxygen atoms in total. The van der Waals surface area contributed by atoms with Gasteiger partial charge in [-0.05, 0) is 46.5 Å². The summed E-state index contributed by atoms with van der Waals surface area (Å²) in [6, 6.07) is 0.387. The highest BCUT2D eigenvalue weighted by Gasteiger charge is 2.35. The number of hydrogen-bond donors (Lipinski definition) is 2. The number of carbonyl (C=O) groups excluding carboxylic acids is 2. The van der Waals surface area contributed by atoms with E-state index in [0.717, 1.165) is 25.7 Å². The van der Waals surface area contributed by atoms with Crippen LogP contribution in [0, 0.1) is 0 Å². The van der Waals surface area contributed by atoms with Gasteiger partial charge in [0.1, 0.15) is 6.26 Å².